The maximum atomic E-state index is 11.0. The number of methoxy groups -OCH3 is 1. The molecule has 98 valence electrons. The van der Waals surface area contributed by atoms with Gasteiger partial charge in [0.05, 0.1) is 13.7 Å². The molecular weight excluding hydrogens is 232 g/mol. The normalized spacial score (nSPS) is 19.1. The van der Waals surface area contributed by atoms with E-state index in [9.17, 15) is 4.79 Å². The van der Waals surface area contributed by atoms with Crippen LogP contribution in [0.1, 0.15) is 12.8 Å². The van der Waals surface area contributed by atoms with Crippen molar-refractivity contribution in [1.29, 1.82) is 0 Å². The van der Waals surface area contributed by atoms with E-state index < -0.39 is 6.09 Å². The zero-order valence-corrected chi connectivity index (χ0v) is 10.4. The van der Waals surface area contributed by atoms with Crippen molar-refractivity contribution in [3.8, 4) is 0 Å². The van der Waals surface area contributed by atoms with E-state index in [0.717, 1.165) is 31.7 Å². The summed E-state index contributed by atoms with van der Waals surface area (Å²) in [6.45, 7) is 1.61. The lowest BCUT2D eigenvalue weighted by Crippen LogP contribution is -2.29. The van der Waals surface area contributed by atoms with Gasteiger partial charge in [-0.3, -0.25) is 5.32 Å². The van der Waals surface area contributed by atoms with Gasteiger partial charge in [-0.1, -0.05) is 0 Å². The van der Waals surface area contributed by atoms with E-state index in [1.54, 1.807) is 0 Å². The van der Waals surface area contributed by atoms with Crippen LogP contribution in [0.25, 0.3) is 0 Å². The predicted molar refractivity (Wildman–Crippen MR) is 69.9 cm³/mol. The van der Waals surface area contributed by atoms with E-state index in [4.69, 9.17) is 4.74 Å². The first kappa shape index (κ1) is 12.7. The first-order chi connectivity index (χ1) is 8.78. The number of carbonyl (C=O) groups is 1. The van der Waals surface area contributed by atoms with Gasteiger partial charge in [0.25, 0.3) is 0 Å². The van der Waals surface area contributed by atoms with Gasteiger partial charge in [0.15, 0.2) is 0 Å². The Bertz CT molecular complexity index is 386. The average Bonchev–Trinajstić information content (AvgIpc) is 2.42. The molecule has 2 rings (SSSR count). The third-order valence-electron chi connectivity index (χ3n) is 2.85. The van der Waals surface area contributed by atoms with Crippen LogP contribution in [0.5, 0.6) is 0 Å². The van der Waals surface area contributed by atoms with E-state index in [0.29, 0.717) is 11.7 Å². The van der Waals surface area contributed by atoms with Gasteiger partial charge < -0.3 is 14.8 Å². The number of ether oxygens (including phenoxy) is 2. The Balaban J connectivity index is 1.88. The lowest BCUT2D eigenvalue weighted by molar-refractivity contribution is 0.0876. The zero-order valence-electron chi connectivity index (χ0n) is 10.4. The fraction of sp³-hybridized carbons (Fsp3) is 0.462. The van der Waals surface area contributed by atoms with Crippen molar-refractivity contribution < 1.29 is 14.3 Å². The SMILES string of the molecule is COC(=O)Nc1ccc(NC2CCCOC2)cc1. The van der Waals surface area contributed by atoms with Crippen molar-refractivity contribution in [3.63, 3.8) is 0 Å². The zero-order chi connectivity index (χ0) is 12.8. The molecule has 18 heavy (non-hydrogen) atoms. The number of hydrogen-bond acceptors (Lipinski definition) is 4. The summed E-state index contributed by atoms with van der Waals surface area (Å²) in [7, 11) is 1.34. The van der Waals surface area contributed by atoms with Gasteiger partial charge in [-0.05, 0) is 37.1 Å². The van der Waals surface area contributed by atoms with Crippen molar-refractivity contribution in [2.24, 2.45) is 0 Å². The molecule has 2 N–H and O–H groups in total. The molecule has 0 spiro atoms. The molecule has 1 aliphatic heterocycles. The van der Waals surface area contributed by atoms with Crippen molar-refractivity contribution >= 4 is 17.5 Å². The molecule has 0 aliphatic carbocycles. The number of nitrogens with one attached hydrogen (secondary N) is 2. The van der Waals surface area contributed by atoms with Crippen LogP contribution in [0, 0.1) is 0 Å². The molecule has 1 aromatic carbocycles. The van der Waals surface area contributed by atoms with E-state index in [1.165, 1.54) is 7.11 Å². The van der Waals surface area contributed by atoms with E-state index in [1.807, 2.05) is 24.3 Å². The first-order valence-electron chi connectivity index (χ1n) is 6.07. The summed E-state index contributed by atoms with van der Waals surface area (Å²) in [5.74, 6) is 0. The molecular formula is C13H18N2O3. The Morgan fingerprint density at radius 2 is 2.06 bits per heavy atom. The van der Waals surface area contributed by atoms with Crippen LogP contribution in [-0.4, -0.2) is 32.5 Å². The standard InChI is InChI=1S/C13H18N2O3/c1-17-13(16)15-11-6-4-10(5-7-11)14-12-3-2-8-18-9-12/h4-7,12,14H,2-3,8-9H2,1H3,(H,15,16). The fourth-order valence-electron chi connectivity index (χ4n) is 1.91. The van der Waals surface area contributed by atoms with E-state index in [2.05, 4.69) is 15.4 Å². The lowest BCUT2D eigenvalue weighted by Gasteiger charge is -2.24. The lowest BCUT2D eigenvalue weighted by atomic mass is 10.1. The second-order valence-electron chi connectivity index (χ2n) is 4.25. The molecule has 1 aromatic rings. The van der Waals surface area contributed by atoms with Crippen LogP contribution in [0.4, 0.5) is 16.2 Å². The van der Waals surface area contributed by atoms with E-state index in [-0.39, 0.29) is 0 Å². The minimum Gasteiger partial charge on any atom is -0.453 e. The van der Waals surface area contributed by atoms with Crippen LogP contribution in [0.3, 0.4) is 0 Å². The summed E-state index contributed by atoms with van der Waals surface area (Å²) in [5, 5.41) is 6.02. The van der Waals surface area contributed by atoms with Crippen molar-refractivity contribution in [3.05, 3.63) is 24.3 Å². The number of amides is 1. The quantitative estimate of drug-likeness (QED) is 0.865. The van der Waals surface area contributed by atoms with Gasteiger partial charge in [0.2, 0.25) is 0 Å². The summed E-state index contributed by atoms with van der Waals surface area (Å²) in [5.41, 5.74) is 1.74. The Labute approximate surface area is 106 Å². The van der Waals surface area contributed by atoms with E-state index >= 15 is 0 Å². The van der Waals surface area contributed by atoms with Crippen molar-refractivity contribution in [2.45, 2.75) is 18.9 Å². The van der Waals surface area contributed by atoms with Gasteiger partial charge in [-0.25, -0.2) is 4.79 Å². The fourth-order valence-corrected chi connectivity index (χ4v) is 1.91. The molecule has 1 amide bonds. The second kappa shape index (κ2) is 6.26. The number of rotatable bonds is 3. The molecule has 0 radical (unpaired) electrons. The van der Waals surface area contributed by atoms with Crippen molar-refractivity contribution in [2.75, 3.05) is 31.0 Å². The summed E-state index contributed by atoms with van der Waals surface area (Å²) < 4.78 is 9.93. The molecule has 0 bridgehead atoms. The largest absolute Gasteiger partial charge is 0.453 e. The minimum absolute atomic E-state index is 0.373. The molecule has 5 nitrogen and oxygen atoms in total. The molecule has 1 saturated heterocycles. The first-order valence-corrected chi connectivity index (χ1v) is 6.07. The maximum absolute atomic E-state index is 11.0. The molecule has 5 heteroatoms. The highest BCUT2D eigenvalue weighted by molar-refractivity contribution is 5.84. The van der Waals surface area contributed by atoms with Crippen LogP contribution < -0.4 is 10.6 Å². The maximum Gasteiger partial charge on any atom is 0.411 e. The molecule has 0 aromatic heterocycles. The number of carbonyl (C=O) groups excluding carboxylic acids is 1. The Hall–Kier alpha value is -1.75. The molecule has 1 heterocycles. The van der Waals surface area contributed by atoms with Gasteiger partial charge >= 0.3 is 6.09 Å². The van der Waals surface area contributed by atoms with Crippen LogP contribution in [0.15, 0.2) is 24.3 Å². The number of hydrogen-bond donors (Lipinski definition) is 2. The van der Waals surface area contributed by atoms with Crippen LogP contribution in [-0.2, 0) is 9.47 Å². The average molecular weight is 250 g/mol. The summed E-state index contributed by atoms with van der Waals surface area (Å²) in [4.78, 5) is 11.0. The highest BCUT2D eigenvalue weighted by atomic mass is 16.5. The van der Waals surface area contributed by atoms with Crippen LogP contribution >= 0.6 is 0 Å². The molecule has 1 unspecified atom stereocenters. The Kier molecular flexibility index (Phi) is 4.41. The third-order valence-corrected chi connectivity index (χ3v) is 2.85. The minimum atomic E-state index is -0.462. The summed E-state index contributed by atoms with van der Waals surface area (Å²) in [6, 6.07) is 7.91. The highest BCUT2D eigenvalue weighted by Crippen LogP contribution is 2.17. The van der Waals surface area contributed by atoms with Crippen LogP contribution in [0.2, 0.25) is 0 Å². The Morgan fingerprint density at radius 1 is 1.33 bits per heavy atom. The van der Waals surface area contributed by atoms with Gasteiger partial charge in [-0.15, -0.1) is 0 Å². The van der Waals surface area contributed by atoms with Gasteiger partial charge in [-0.2, -0.15) is 0 Å². The predicted octanol–water partition coefficient (Wildman–Crippen LogP) is 2.46. The molecule has 1 aliphatic rings. The topological polar surface area (TPSA) is 59.6 Å². The molecule has 0 saturated carbocycles. The molecule has 1 fully saturated rings. The van der Waals surface area contributed by atoms with Gasteiger partial charge in [0, 0.05) is 24.0 Å². The third kappa shape index (κ3) is 3.63. The van der Waals surface area contributed by atoms with Gasteiger partial charge in [0.1, 0.15) is 0 Å². The second-order valence-corrected chi connectivity index (χ2v) is 4.25. The number of benzene rings is 1. The Morgan fingerprint density at radius 3 is 2.67 bits per heavy atom. The smallest absolute Gasteiger partial charge is 0.411 e. The highest BCUT2D eigenvalue weighted by Gasteiger charge is 2.13. The summed E-state index contributed by atoms with van der Waals surface area (Å²) in [6.07, 6.45) is 1.76. The number of anilines is 2. The monoisotopic (exact) mass is 250 g/mol. The molecule has 1 atom stereocenters. The van der Waals surface area contributed by atoms with Crippen molar-refractivity contribution in [1.82, 2.24) is 0 Å². The summed E-state index contributed by atoms with van der Waals surface area (Å²) >= 11 is 0.